The number of benzene rings is 1. The summed E-state index contributed by atoms with van der Waals surface area (Å²) in [6, 6.07) is 8.27. The lowest BCUT2D eigenvalue weighted by Crippen LogP contribution is -2.41. The zero-order valence-corrected chi connectivity index (χ0v) is 15.7. The molecule has 7 nitrogen and oxygen atoms in total. The SMILES string of the molecule is CC(C)Oc1ccc(S(=O)(=O)N2CCC(Oc3ccncn3)CC2)cc1. The van der Waals surface area contributed by atoms with Crippen LogP contribution in [0.4, 0.5) is 0 Å². The van der Waals surface area contributed by atoms with Gasteiger partial charge in [-0.3, -0.25) is 0 Å². The first-order valence-corrected chi connectivity index (χ1v) is 10.1. The van der Waals surface area contributed by atoms with Crippen molar-refractivity contribution < 1.29 is 17.9 Å². The van der Waals surface area contributed by atoms with Crippen LogP contribution in [0.2, 0.25) is 0 Å². The van der Waals surface area contributed by atoms with Crippen LogP contribution in [0.3, 0.4) is 0 Å². The molecule has 2 heterocycles. The second-order valence-electron chi connectivity index (χ2n) is 6.41. The Bertz CT molecular complexity index is 802. The third kappa shape index (κ3) is 4.50. The maximum absolute atomic E-state index is 12.8. The van der Waals surface area contributed by atoms with Gasteiger partial charge in [-0.25, -0.2) is 18.4 Å². The second kappa shape index (κ2) is 8.01. The first kappa shape index (κ1) is 18.6. The number of sulfonamides is 1. The Morgan fingerprint density at radius 3 is 2.38 bits per heavy atom. The number of hydrogen-bond acceptors (Lipinski definition) is 6. The van der Waals surface area contributed by atoms with Gasteiger partial charge in [-0.15, -0.1) is 0 Å². The summed E-state index contributed by atoms with van der Waals surface area (Å²) in [6.45, 7) is 4.70. The minimum Gasteiger partial charge on any atom is -0.491 e. The topological polar surface area (TPSA) is 81.6 Å². The van der Waals surface area contributed by atoms with Gasteiger partial charge in [-0.1, -0.05) is 0 Å². The number of rotatable bonds is 6. The summed E-state index contributed by atoms with van der Waals surface area (Å²) in [4.78, 5) is 8.17. The summed E-state index contributed by atoms with van der Waals surface area (Å²) in [6.07, 6.45) is 4.30. The van der Waals surface area contributed by atoms with Crippen LogP contribution in [0.1, 0.15) is 26.7 Å². The Labute approximate surface area is 154 Å². The van der Waals surface area contributed by atoms with Gasteiger partial charge in [0.1, 0.15) is 18.2 Å². The average Bonchev–Trinajstić information content (AvgIpc) is 2.63. The summed E-state index contributed by atoms with van der Waals surface area (Å²) in [5.74, 6) is 1.18. The largest absolute Gasteiger partial charge is 0.491 e. The van der Waals surface area contributed by atoms with E-state index in [-0.39, 0.29) is 17.1 Å². The first-order valence-electron chi connectivity index (χ1n) is 8.64. The molecule has 1 aliphatic rings. The Kier molecular flexibility index (Phi) is 5.73. The third-order valence-electron chi connectivity index (χ3n) is 4.08. The standard InChI is InChI=1S/C18H23N3O4S/c1-14(2)24-15-3-5-17(6-4-15)26(22,23)21-11-8-16(9-12-21)25-18-7-10-19-13-20-18/h3-7,10,13-14,16H,8-9,11-12H2,1-2H3. The molecule has 1 saturated heterocycles. The van der Waals surface area contributed by atoms with Gasteiger partial charge >= 0.3 is 0 Å². The molecular formula is C18H23N3O4S. The van der Waals surface area contributed by atoms with Crippen LogP contribution in [0.15, 0.2) is 47.8 Å². The summed E-state index contributed by atoms with van der Waals surface area (Å²) in [7, 11) is -3.51. The van der Waals surface area contributed by atoms with E-state index in [9.17, 15) is 8.42 Å². The number of ether oxygens (including phenoxy) is 2. The van der Waals surface area contributed by atoms with Crippen molar-refractivity contribution in [2.75, 3.05) is 13.1 Å². The number of piperidine rings is 1. The van der Waals surface area contributed by atoms with Crippen molar-refractivity contribution in [1.82, 2.24) is 14.3 Å². The predicted octanol–water partition coefficient (Wildman–Crippen LogP) is 2.50. The number of hydrogen-bond donors (Lipinski definition) is 0. The molecule has 0 bridgehead atoms. The summed E-state index contributed by atoms with van der Waals surface area (Å²) in [5.41, 5.74) is 0. The van der Waals surface area contributed by atoms with Crippen molar-refractivity contribution in [3.8, 4) is 11.6 Å². The second-order valence-corrected chi connectivity index (χ2v) is 8.34. The van der Waals surface area contributed by atoms with Crippen LogP contribution in [0.5, 0.6) is 11.6 Å². The molecule has 0 saturated carbocycles. The maximum Gasteiger partial charge on any atom is 0.243 e. The zero-order valence-electron chi connectivity index (χ0n) is 14.9. The molecule has 0 unspecified atom stereocenters. The van der Waals surface area contributed by atoms with Gasteiger partial charge in [0, 0.05) is 25.4 Å². The fourth-order valence-electron chi connectivity index (χ4n) is 2.82. The molecule has 2 aromatic rings. The highest BCUT2D eigenvalue weighted by Crippen LogP contribution is 2.24. The lowest BCUT2D eigenvalue weighted by Gasteiger charge is -2.31. The molecule has 0 radical (unpaired) electrons. The highest BCUT2D eigenvalue weighted by molar-refractivity contribution is 7.89. The van der Waals surface area contributed by atoms with Crippen molar-refractivity contribution in [1.29, 1.82) is 0 Å². The van der Waals surface area contributed by atoms with Crippen molar-refractivity contribution in [2.24, 2.45) is 0 Å². The molecule has 1 fully saturated rings. The molecule has 1 aliphatic heterocycles. The van der Waals surface area contributed by atoms with Gasteiger partial charge < -0.3 is 9.47 Å². The zero-order chi connectivity index (χ0) is 18.6. The van der Waals surface area contributed by atoms with Gasteiger partial charge in [-0.2, -0.15) is 4.31 Å². The van der Waals surface area contributed by atoms with E-state index in [0.717, 1.165) is 0 Å². The van der Waals surface area contributed by atoms with Gasteiger partial charge in [-0.05, 0) is 51.0 Å². The van der Waals surface area contributed by atoms with Gasteiger partial charge in [0.05, 0.1) is 11.0 Å². The van der Waals surface area contributed by atoms with Crippen LogP contribution in [-0.4, -0.2) is 48.0 Å². The number of aromatic nitrogens is 2. The predicted molar refractivity (Wildman–Crippen MR) is 96.6 cm³/mol. The highest BCUT2D eigenvalue weighted by atomic mass is 32.2. The van der Waals surface area contributed by atoms with E-state index < -0.39 is 10.0 Å². The maximum atomic E-state index is 12.8. The molecule has 0 aliphatic carbocycles. The minimum atomic E-state index is -3.51. The van der Waals surface area contributed by atoms with Crippen LogP contribution in [0.25, 0.3) is 0 Å². The normalized spacial score (nSPS) is 16.6. The summed E-state index contributed by atoms with van der Waals surface area (Å²) >= 11 is 0. The Morgan fingerprint density at radius 1 is 1.12 bits per heavy atom. The third-order valence-corrected chi connectivity index (χ3v) is 5.99. The van der Waals surface area contributed by atoms with E-state index in [1.165, 1.54) is 10.6 Å². The number of nitrogens with zero attached hydrogens (tertiary/aromatic N) is 3. The van der Waals surface area contributed by atoms with Crippen molar-refractivity contribution >= 4 is 10.0 Å². The average molecular weight is 377 g/mol. The molecule has 1 aromatic heterocycles. The van der Waals surface area contributed by atoms with E-state index >= 15 is 0 Å². The fourth-order valence-corrected chi connectivity index (χ4v) is 4.29. The lowest BCUT2D eigenvalue weighted by molar-refractivity contribution is 0.129. The molecule has 0 amide bonds. The molecule has 0 atom stereocenters. The molecule has 3 rings (SSSR count). The molecule has 26 heavy (non-hydrogen) atoms. The van der Waals surface area contributed by atoms with Crippen LogP contribution in [-0.2, 0) is 10.0 Å². The quantitative estimate of drug-likeness (QED) is 0.769. The lowest BCUT2D eigenvalue weighted by atomic mass is 10.1. The Balaban J connectivity index is 1.60. The summed E-state index contributed by atoms with van der Waals surface area (Å²) in [5, 5.41) is 0. The smallest absolute Gasteiger partial charge is 0.243 e. The van der Waals surface area contributed by atoms with Crippen molar-refractivity contribution in [2.45, 2.75) is 43.8 Å². The van der Waals surface area contributed by atoms with E-state index in [2.05, 4.69) is 9.97 Å². The van der Waals surface area contributed by atoms with E-state index in [1.54, 1.807) is 36.5 Å². The Hall–Kier alpha value is -2.19. The Morgan fingerprint density at radius 2 is 1.81 bits per heavy atom. The van der Waals surface area contributed by atoms with Crippen molar-refractivity contribution in [3.63, 3.8) is 0 Å². The molecule has 140 valence electrons. The molecule has 0 N–H and O–H groups in total. The van der Waals surface area contributed by atoms with Gasteiger partial charge in [0.2, 0.25) is 15.9 Å². The molecular weight excluding hydrogens is 354 g/mol. The monoisotopic (exact) mass is 377 g/mol. The van der Waals surface area contributed by atoms with Crippen LogP contribution >= 0.6 is 0 Å². The molecule has 8 heteroatoms. The van der Waals surface area contributed by atoms with E-state index in [4.69, 9.17) is 9.47 Å². The van der Waals surface area contributed by atoms with Gasteiger partial charge in [0.15, 0.2) is 0 Å². The molecule has 1 aromatic carbocycles. The van der Waals surface area contributed by atoms with Crippen molar-refractivity contribution in [3.05, 3.63) is 42.9 Å². The first-order chi connectivity index (χ1) is 12.4. The van der Waals surface area contributed by atoms with E-state index in [1.807, 2.05) is 13.8 Å². The van der Waals surface area contributed by atoms with E-state index in [0.29, 0.717) is 37.6 Å². The van der Waals surface area contributed by atoms with Gasteiger partial charge in [0.25, 0.3) is 0 Å². The highest BCUT2D eigenvalue weighted by Gasteiger charge is 2.30. The minimum absolute atomic E-state index is 0.0434. The summed E-state index contributed by atoms with van der Waals surface area (Å²) < 4.78 is 38.5. The van der Waals surface area contributed by atoms with Crippen LogP contribution in [0, 0.1) is 0 Å². The fraction of sp³-hybridized carbons (Fsp3) is 0.444. The van der Waals surface area contributed by atoms with Crippen LogP contribution < -0.4 is 9.47 Å². The molecule has 0 spiro atoms.